The Morgan fingerprint density at radius 1 is 1.23 bits per heavy atom. The Morgan fingerprint density at radius 3 is 2.58 bits per heavy atom. The van der Waals surface area contributed by atoms with E-state index in [1.165, 1.54) is 12.1 Å². The highest BCUT2D eigenvalue weighted by Gasteiger charge is 2.22. The molecule has 0 saturated carbocycles. The number of benzene rings is 1. The SMILES string of the molecule is O=C(NN1CCN(CC(O)COc2ccc(Cl)c(F)c2)CC1)c1cnc(C(F)F)cn1. The molecule has 8 nitrogen and oxygen atoms in total. The summed E-state index contributed by atoms with van der Waals surface area (Å²) in [5.74, 6) is -0.855. The average Bonchev–Trinajstić information content (AvgIpc) is 2.76. The summed E-state index contributed by atoms with van der Waals surface area (Å²) in [6.07, 6.45) is -1.65. The number of aliphatic hydroxyl groups excluding tert-OH is 1. The summed E-state index contributed by atoms with van der Waals surface area (Å²) in [4.78, 5) is 21.4. The molecule has 0 bridgehead atoms. The molecule has 0 aliphatic carbocycles. The largest absolute Gasteiger partial charge is 0.491 e. The number of hydrazine groups is 1. The van der Waals surface area contributed by atoms with Crippen molar-refractivity contribution < 1.29 is 27.8 Å². The van der Waals surface area contributed by atoms with E-state index in [-0.39, 0.29) is 23.1 Å². The van der Waals surface area contributed by atoms with Crippen LogP contribution in [0.4, 0.5) is 13.2 Å². The van der Waals surface area contributed by atoms with Gasteiger partial charge in [0.2, 0.25) is 0 Å². The summed E-state index contributed by atoms with van der Waals surface area (Å²) in [6, 6.07) is 4.05. The first-order valence-electron chi connectivity index (χ1n) is 9.46. The molecule has 31 heavy (non-hydrogen) atoms. The summed E-state index contributed by atoms with van der Waals surface area (Å²) >= 11 is 5.62. The quantitative estimate of drug-likeness (QED) is 0.623. The van der Waals surface area contributed by atoms with E-state index >= 15 is 0 Å². The molecule has 12 heteroatoms. The minimum absolute atomic E-state index is 0.00456. The van der Waals surface area contributed by atoms with E-state index < -0.39 is 29.9 Å². The maximum absolute atomic E-state index is 13.4. The van der Waals surface area contributed by atoms with Gasteiger partial charge in [0.05, 0.1) is 17.4 Å². The Hall–Kier alpha value is -2.47. The van der Waals surface area contributed by atoms with Gasteiger partial charge in [-0.2, -0.15) is 0 Å². The van der Waals surface area contributed by atoms with Crippen molar-refractivity contribution in [3.05, 3.63) is 52.8 Å². The molecule has 0 radical (unpaired) electrons. The molecule has 0 spiro atoms. The molecule has 1 aromatic carbocycles. The first kappa shape index (κ1) is 23.2. The van der Waals surface area contributed by atoms with E-state index in [2.05, 4.69) is 15.4 Å². The second-order valence-corrected chi connectivity index (χ2v) is 7.30. The van der Waals surface area contributed by atoms with Gasteiger partial charge in [-0.1, -0.05) is 11.6 Å². The van der Waals surface area contributed by atoms with Crippen LogP contribution in [0.3, 0.4) is 0 Å². The Morgan fingerprint density at radius 2 is 1.97 bits per heavy atom. The number of hydrogen-bond donors (Lipinski definition) is 2. The topological polar surface area (TPSA) is 90.8 Å². The third-order valence-corrected chi connectivity index (χ3v) is 4.87. The number of hydrogen-bond acceptors (Lipinski definition) is 7. The number of nitrogens with zero attached hydrogens (tertiary/aromatic N) is 4. The van der Waals surface area contributed by atoms with Crippen LogP contribution in [-0.2, 0) is 0 Å². The average molecular weight is 460 g/mol. The number of carbonyl (C=O) groups is 1. The van der Waals surface area contributed by atoms with Crippen LogP contribution in [0.5, 0.6) is 5.75 Å². The van der Waals surface area contributed by atoms with Crippen molar-refractivity contribution in [1.29, 1.82) is 0 Å². The fourth-order valence-electron chi connectivity index (χ4n) is 2.92. The molecular weight excluding hydrogens is 439 g/mol. The number of carbonyl (C=O) groups excluding carboxylic acids is 1. The minimum Gasteiger partial charge on any atom is -0.491 e. The molecule has 2 N–H and O–H groups in total. The van der Waals surface area contributed by atoms with Crippen molar-refractivity contribution in [2.45, 2.75) is 12.5 Å². The summed E-state index contributed by atoms with van der Waals surface area (Å²) in [6.45, 7) is 2.46. The predicted octanol–water partition coefficient (Wildman–Crippen LogP) is 1.91. The lowest BCUT2D eigenvalue weighted by molar-refractivity contribution is 0.0315. The van der Waals surface area contributed by atoms with Crippen LogP contribution in [-0.4, -0.2) is 76.3 Å². The monoisotopic (exact) mass is 459 g/mol. The van der Waals surface area contributed by atoms with Crippen LogP contribution in [0.1, 0.15) is 22.6 Å². The first-order valence-corrected chi connectivity index (χ1v) is 9.84. The zero-order valence-electron chi connectivity index (χ0n) is 16.3. The number of aromatic nitrogens is 2. The van der Waals surface area contributed by atoms with E-state index in [9.17, 15) is 23.1 Å². The van der Waals surface area contributed by atoms with Crippen LogP contribution in [0.2, 0.25) is 5.02 Å². The number of halogens is 4. The van der Waals surface area contributed by atoms with Crippen LogP contribution in [0.25, 0.3) is 0 Å². The summed E-state index contributed by atoms with van der Waals surface area (Å²) in [7, 11) is 0. The highest BCUT2D eigenvalue weighted by atomic mass is 35.5. The fraction of sp³-hybridized carbons (Fsp3) is 0.421. The van der Waals surface area contributed by atoms with Crippen LogP contribution in [0, 0.1) is 5.82 Å². The van der Waals surface area contributed by atoms with Crippen molar-refractivity contribution in [1.82, 2.24) is 25.3 Å². The molecule has 168 valence electrons. The molecule has 2 heterocycles. The molecule has 1 aliphatic rings. The van der Waals surface area contributed by atoms with Gasteiger partial charge in [-0.25, -0.2) is 23.2 Å². The van der Waals surface area contributed by atoms with Gasteiger partial charge in [0.25, 0.3) is 12.3 Å². The second-order valence-electron chi connectivity index (χ2n) is 6.90. The van der Waals surface area contributed by atoms with Gasteiger partial charge in [-0.15, -0.1) is 0 Å². The van der Waals surface area contributed by atoms with E-state index in [1.54, 1.807) is 5.01 Å². The van der Waals surface area contributed by atoms with Gasteiger partial charge in [-0.05, 0) is 12.1 Å². The Labute approximate surface area is 181 Å². The molecule has 1 aromatic heterocycles. The Bertz CT molecular complexity index is 883. The van der Waals surface area contributed by atoms with Crippen LogP contribution < -0.4 is 10.2 Å². The molecule has 1 saturated heterocycles. The standard InChI is InChI=1S/C19H21ClF3N5O3/c20-14-2-1-13(7-15(14)21)31-11-12(29)10-27-3-5-28(6-4-27)26-19(30)17-9-24-16(8-25-17)18(22)23/h1-2,7-9,12,18,29H,3-6,10-11H2,(H,26,30). The fourth-order valence-corrected chi connectivity index (χ4v) is 3.04. The van der Waals surface area contributed by atoms with E-state index in [0.717, 1.165) is 18.5 Å². The van der Waals surface area contributed by atoms with Crippen LogP contribution >= 0.6 is 11.6 Å². The van der Waals surface area contributed by atoms with Gasteiger partial charge in [0.1, 0.15) is 35.7 Å². The number of rotatable bonds is 8. The van der Waals surface area contributed by atoms with E-state index in [4.69, 9.17) is 16.3 Å². The second kappa shape index (κ2) is 10.7. The maximum atomic E-state index is 13.4. The number of alkyl halides is 2. The van der Waals surface area contributed by atoms with Gasteiger partial charge < -0.3 is 9.84 Å². The Kier molecular flexibility index (Phi) is 8.02. The van der Waals surface area contributed by atoms with Gasteiger partial charge in [-0.3, -0.25) is 20.1 Å². The van der Waals surface area contributed by atoms with Gasteiger partial charge in [0.15, 0.2) is 0 Å². The number of aliphatic hydroxyl groups is 1. The minimum atomic E-state index is -2.74. The molecule has 1 aliphatic heterocycles. The van der Waals surface area contributed by atoms with E-state index in [1.807, 2.05) is 4.90 Å². The van der Waals surface area contributed by atoms with Gasteiger partial charge in [0, 0.05) is 38.8 Å². The maximum Gasteiger partial charge on any atom is 0.285 e. The molecule has 1 unspecified atom stereocenters. The summed E-state index contributed by atoms with van der Waals surface area (Å²) in [5.41, 5.74) is 2.11. The third kappa shape index (κ3) is 6.76. The molecule has 1 atom stereocenters. The molecule has 2 aromatic rings. The molecule has 3 rings (SSSR count). The highest BCUT2D eigenvalue weighted by molar-refractivity contribution is 6.30. The zero-order valence-corrected chi connectivity index (χ0v) is 17.1. The number of ether oxygens (including phenoxy) is 1. The van der Waals surface area contributed by atoms with Crippen molar-refractivity contribution in [3.8, 4) is 5.75 Å². The van der Waals surface area contributed by atoms with Crippen molar-refractivity contribution >= 4 is 17.5 Å². The molecular formula is C19H21ClF3N5O3. The smallest absolute Gasteiger partial charge is 0.285 e. The highest BCUT2D eigenvalue weighted by Crippen LogP contribution is 2.20. The Balaban J connectivity index is 1.38. The summed E-state index contributed by atoms with van der Waals surface area (Å²) < 4.78 is 43.8. The number of nitrogens with one attached hydrogen (secondary N) is 1. The predicted molar refractivity (Wildman–Crippen MR) is 105 cm³/mol. The van der Waals surface area contributed by atoms with E-state index in [0.29, 0.717) is 32.7 Å². The molecule has 1 fully saturated rings. The zero-order chi connectivity index (χ0) is 22.4. The lowest BCUT2D eigenvalue weighted by Crippen LogP contribution is -2.55. The first-order chi connectivity index (χ1) is 14.8. The third-order valence-electron chi connectivity index (χ3n) is 4.56. The number of amides is 1. The lowest BCUT2D eigenvalue weighted by atomic mass is 10.3. The molecule has 1 amide bonds. The summed E-state index contributed by atoms with van der Waals surface area (Å²) in [5, 5.41) is 11.8. The van der Waals surface area contributed by atoms with Crippen molar-refractivity contribution in [2.24, 2.45) is 0 Å². The van der Waals surface area contributed by atoms with Crippen LogP contribution in [0.15, 0.2) is 30.6 Å². The van der Waals surface area contributed by atoms with Gasteiger partial charge >= 0.3 is 0 Å². The number of β-amino-alcohol motifs (C(OH)–C–C–N with tert-alkyl or cyclic N) is 1. The number of piperazine rings is 1. The lowest BCUT2D eigenvalue weighted by Gasteiger charge is -2.35. The van der Waals surface area contributed by atoms with Crippen molar-refractivity contribution in [3.63, 3.8) is 0 Å². The van der Waals surface area contributed by atoms with Crippen molar-refractivity contribution in [2.75, 3.05) is 39.3 Å². The normalized spacial score (nSPS) is 16.3.